The molecule has 0 aliphatic heterocycles. The first-order valence-corrected chi connectivity index (χ1v) is 10.7. The SMILES string of the molecule is O=C(O)CCCN(c1cccc2ccccc12)S(=O)(=O)c1cc(Cl)ccc1Cl. The average Bonchev–Trinajstić information content (AvgIpc) is 2.66. The van der Waals surface area contributed by atoms with E-state index in [2.05, 4.69) is 0 Å². The number of carboxylic acid groups (broad SMARTS) is 1. The number of rotatable bonds is 7. The lowest BCUT2D eigenvalue weighted by atomic mass is 10.1. The van der Waals surface area contributed by atoms with Gasteiger partial charge in [-0.2, -0.15) is 0 Å². The van der Waals surface area contributed by atoms with E-state index in [0.717, 1.165) is 10.8 Å². The van der Waals surface area contributed by atoms with E-state index >= 15 is 0 Å². The number of aliphatic carboxylic acids is 1. The third-order valence-electron chi connectivity index (χ3n) is 4.25. The zero-order chi connectivity index (χ0) is 20.3. The molecule has 0 unspecified atom stereocenters. The monoisotopic (exact) mass is 437 g/mol. The molecule has 8 heteroatoms. The Morgan fingerprint density at radius 1 is 1.00 bits per heavy atom. The van der Waals surface area contributed by atoms with Crippen molar-refractivity contribution < 1.29 is 18.3 Å². The predicted molar refractivity (Wildman–Crippen MR) is 112 cm³/mol. The largest absolute Gasteiger partial charge is 0.481 e. The summed E-state index contributed by atoms with van der Waals surface area (Å²) < 4.78 is 28.1. The van der Waals surface area contributed by atoms with Crippen LogP contribution < -0.4 is 4.31 Å². The number of carboxylic acids is 1. The van der Waals surface area contributed by atoms with Crippen molar-refractivity contribution in [2.45, 2.75) is 17.7 Å². The fraction of sp³-hybridized carbons (Fsp3) is 0.150. The van der Waals surface area contributed by atoms with E-state index in [0.29, 0.717) is 5.69 Å². The van der Waals surface area contributed by atoms with E-state index < -0.39 is 16.0 Å². The molecule has 146 valence electrons. The molecular weight excluding hydrogens is 421 g/mol. The molecular formula is C20H17Cl2NO4S. The summed E-state index contributed by atoms with van der Waals surface area (Å²) in [7, 11) is -4.07. The summed E-state index contributed by atoms with van der Waals surface area (Å²) in [6, 6.07) is 17.0. The number of benzene rings is 3. The Morgan fingerprint density at radius 2 is 1.71 bits per heavy atom. The maximum absolute atomic E-state index is 13.5. The van der Waals surface area contributed by atoms with Gasteiger partial charge >= 0.3 is 5.97 Å². The first kappa shape index (κ1) is 20.5. The Labute approximate surface area is 173 Å². The highest BCUT2D eigenvalue weighted by Crippen LogP contribution is 2.34. The van der Waals surface area contributed by atoms with Crippen LogP contribution in [-0.4, -0.2) is 26.0 Å². The lowest BCUT2D eigenvalue weighted by Gasteiger charge is -2.26. The van der Waals surface area contributed by atoms with E-state index in [1.807, 2.05) is 30.3 Å². The summed E-state index contributed by atoms with van der Waals surface area (Å²) in [6.07, 6.45) is -0.00394. The van der Waals surface area contributed by atoms with Gasteiger partial charge in [0.2, 0.25) is 0 Å². The van der Waals surface area contributed by atoms with Crippen LogP contribution in [0.3, 0.4) is 0 Å². The van der Waals surface area contributed by atoms with Gasteiger partial charge in [0.25, 0.3) is 10.0 Å². The van der Waals surface area contributed by atoms with E-state index in [-0.39, 0.29) is 34.3 Å². The van der Waals surface area contributed by atoms with Crippen LogP contribution in [0.25, 0.3) is 10.8 Å². The third-order valence-corrected chi connectivity index (χ3v) is 6.78. The molecule has 0 amide bonds. The topological polar surface area (TPSA) is 74.7 Å². The lowest BCUT2D eigenvalue weighted by molar-refractivity contribution is -0.137. The zero-order valence-corrected chi connectivity index (χ0v) is 17.0. The van der Waals surface area contributed by atoms with Gasteiger partial charge in [-0.05, 0) is 36.1 Å². The van der Waals surface area contributed by atoms with Crippen molar-refractivity contribution in [1.82, 2.24) is 0 Å². The quantitative estimate of drug-likeness (QED) is 0.550. The molecule has 0 radical (unpaired) electrons. The summed E-state index contributed by atoms with van der Waals surface area (Å²) in [5.41, 5.74) is 0.458. The first-order chi connectivity index (χ1) is 13.3. The second-order valence-corrected chi connectivity index (χ2v) is 8.82. The van der Waals surface area contributed by atoms with Gasteiger partial charge in [-0.15, -0.1) is 0 Å². The van der Waals surface area contributed by atoms with E-state index in [4.69, 9.17) is 28.3 Å². The van der Waals surface area contributed by atoms with Crippen molar-refractivity contribution in [2.24, 2.45) is 0 Å². The number of anilines is 1. The number of fused-ring (bicyclic) bond motifs is 1. The van der Waals surface area contributed by atoms with Crippen molar-refractivity contribution in [3.05, 3.63) is 70.7 Å². The van der Waals surface area contributed by atoms with Gasteiger partial charge in [-0.3, -0.25) is 9.10 Å². The summed E-state index contributed by atoms with van der Waals surface area (Å²) in [5, 5.41) is 10.9. The molecule has 3 rings (SSSR count). The van der Waals surface area contributed by atoms with Gasteiger partial charge in [-0.1, -0.05) is 59.6 Å². The van der Waals surface area contributed by atoms with Crippen LogP contribution in [0.5, 0.6) is 0 Å². The number of nitrogens with zero attached hydrogens (tertiary/aromatic N) is 1. The summed E-state index contributed by atoms with van der Waals surface area (Å²) in [4.78, 5) is 10.8. The molecule has 0 bridgehead atoms. The Hall–Kier alpha value is -2.28. The molecule has 1 N–H and O–H groups in total. The number of carbonyl (C=O) groups is 1. The van der Waals surface area contributed by atoms with Crippen molar-refractivity contribution >= 4 is 55.7 Å². The van der Waals surface area contributed by atoms with Crippen molar-refractivity contribution in [1.29, 1.82) is 0 Å². The van der Waals surface area contributed by atoms with E-state index in [1.54, 1.807) is 12.1 Å². The summed E-state index contributed by atoms with van der Waals surface area (Å²) in [6.45, 7) is -0.00845. The minimum absolute atomic E-state index is 0.00845. The van der Waals surface area contributed by atoms with Crippen LogP contribution in [0.1, 0.15) is 12.8 Å². The van der Waals surface area contributed by atoms with Gasteiger partial charge in [0, 0.05) is 23.4 Å². The van der Waals surface area contributed by atoms with Gasteiger partial charge in [0.15, 0.2) is 0 Å². The molecule has 0 heterocycles. The van der Waals surface area contributed by atoms with E-state index in [9.17, 15) is 13.2 Å². The van der Waals surface area contributed by atoms with Gasteiger partial charge in [-0.25, -0.2) is 8.42 Å². The van der Waals surface area contributed by atoms with Crippen molar-refractivity contribution in [2.75, 3.05) is 10.8 Å². The van der Waals surface area contributed by atoms with Crippen molar-refractivity contribution in [3.8, 4) is 0 Å². The second kappa shape index (κ2) is 8.39. The Kier molecular flexibility index (Phi) is 6.13. The molecule has 28 heavy (non-hydrogen) atoms. The second-order valence-electron chi connectivity index (χ2n) is 6.15. The molecule has 0 aliphatic carbocycles. The highest BCUT2D eigenvalue weighted by atomic mass is 35.5. The maximum Gasteiger partial charge on any atom is 0.303 e. The molecule has 0 fully saturated rings. The maximum atomic E-state index is 13.5. The smallest absolute Gasteiger partial charge is 0.303 e. The number of sulfonamides is 1. The third kappa shape index (κ3) is 4.24. The fourth-order valence-electron chi connectivity index (χ4n) is 2.96. The minimum atomic E-state index is -4.07. The van der Waals surface area contributed by atoms with Crippen LogP contribution in [0.15, 0.2) is 65.6 Å². The summed E-state index contributed by atoms with van der Waals surface area (Å²) >= 11 is 12.2. The van der Waals surface area contributed by atoms with Gasteiger partial charge in [0.05, 0.1) is 10.7 Å². The molecule has 0 atom stereocenters. The molecule has 0 aliphatic rings. The first-order valence-electron chi connectivity index (χ1n) is 8.48. The molecule has 0 spiro atoms. The highest BCUT2D eigenvalue weighted by Gasteiger charge is 2.28. The molecule has 0 saturated carbocycles. The van der Waals surface area contributed by atoms with Gasteiger partial charge in [0.1, 0.15) is 4.90 Å². The van der Waals surface area contributed by atoms with Crippen LogP contribution in [0, 0.1) is 0 Å². The van der Waals surface area contributed by atoms with Crippen LogP contribution >= 0.6 is 23.2 Å². The standard InChI is InChI=1S/C20H17Cl2NO4S/c21-15-10-11-17(22)19(13-15)28(26,27)23(12-4-9-20(24)25)18-8-3-6-14-5-1-2-7-16(14)18/h1-3,5-8,10-11,13H,4,9,12H2,(H,24,25). The summed E-state index contributed by atoms with van der Waals surface area (Å²) in [5.74, 6) is -0.990. The molecule has 3 aromatic carbocycles. The normalized spacial score (nSPS) is 11.5. The van der Waals surface area contributed by atoms with Crippen LogP contribution in [0.4, 0.5) is 5.69 Å². The molecule has 5 nitrogen and oxygen atoms in total. The average molecular weight is 438 g/mol. The number of halogens is 2. The predicted octanol–water partition coefficient (Wildman–Crippen LogP) is 5.21. The Bertz CT molecular complexity index is 1130. The minimum Gasteiger partial charge on any atom is -0.481 e. The lowest BCUT2D eigenvalue weighted by Crippen LogP contribution is -2.32. The van der Waals surface area contributed by atoms with Gasteiger partial charge < -0.3 is 5.11 Å². The Balaban J connectivity index is 2.16. The van der Waals surface area contributed by atoms with Crippen LogP contribution in [-0.2, 0) is 14.8 Å². The van der Waals surface area contributed by atoms with Crippen molar-refractivity contribution in [3.63, 3.8) is 0 Å². The number of hydrogen-bond acceptors (Lipinski definition) is 3. The highest BCUT2D eigenvalue weighted by molar-refractivity contribution is 7.93. The Morgan fingerprint density at radius 3 is 2.46 bits per heavy atom. The molecule has 0 aromatic heterocycles. The fourth-order valence-corrected chi connectivity index (χ4v) is 5.23. The van der Waals surface area contributed by atoms with E-state index in [1.165, 1.54) is 22.5 Å². The number of hydrogen-bond donors (Lipinski definition) is 1. The van der Waals surface area contributed by atoms with Crippen LogP contribution in [0.2, 0.25) is 10.0 Å². The molecule has 0 saturated heterocycles. The zero-order valence-electron chi connectivity index (χ0n) is 14.7. The molecule has 3 aromatic rings.